The molecule has 0 saturated carbocycles. The van der Waals surface area contributed by atoms with Crippen LogP contribution in [-0.4, -0.2) is 38.7 Å². The van der Waals surface area contributed by atoms with Crippen molar-refractivity contribution in [2.24, 2.45) is 0 Å². The fraction of sp³-hybridized carbons (Fsp3) is 0.500. The van der Waals surface area contributed by atoms with Gasteiger partial charge in [0.2, 0.25) is 11.8 Å². The smallest absolute Gasteiger partial charge is 0.224 e. The quantitative estimate of drug-likeness (QED) is 0.714. The van der Waals surface area contributed by atoms with Crippen molar-refractivity contribution in [3.8, 4) is 5.75 Å². The summed E-state index contributed by atoms with van der Waals surface area (Å²) in [5, 5.41) is 5.60. The molecule has 22 heavy (non-hydrogen) atoms. The molecule has 2 rings (SSSR count). The van der Waals surface area contributed by atoms with Gasteiger partial charge in [-0.05, 0) is 36.6 Å². The lowest BCUT2D eigenvalue weighted by Crippen LogP contribution is -2.27. The fourth-order valence-electron chi connectivity index (χ4n) is 2.25. The molecule has 6 heteroatoms. The Balaban J connectivity index is 1.69. The zero-order valence-electron chi connectivity index (χ0n) is 12.8. The molecule has 0 aromatic heterocycles. The first kappa shape index (κ1) is 16.3. The number of amides is 2. The van der Waals surface area contributed by atoms with E-state index in [9.17, 15) is 9.59 Å². The molecule has 0 spiro atoms. The van der Waals surface area contributed by atoms with Gasteiger partial charge in [0, 0.05) is 32.2 Å². The maximum Gasteiger partial charge on any atom is 0.224 e. The number of rotatable bonds is 8. The summed E-state index contributed by atoms with van der Waals surface area (Å²) in [7, 11) is 1.60. The molecule has 6 nitrogen and oxygen atoms in total. The van der Waals surface area contributed by atoms with Crippen molar-refractivity contribution in [2.75, 3.05) is 32.2 Å². The lowest BCUT2D eigenvalue weighted by atomic mass is 10.0. The maximum atomic E-state index is 11.5. The van der Waals surface area contributed by atoms with Crippen LogP contribution in [-0.2, 0) is 20.7 Å². The van der Waals surface area contributed by atoms with E-state index in [0.29, 0.717) is 39.0 Å². The number of fused-ring (bicyclic) bond motifs is 1. The minimum atomic E-state index is 0.00815. The number of aryl methyl sites for hydroxylation is 1. The van der Waals surface area contributed by atoms with E-state index >= 15 is 0 Å². The third-order valence-corrected chi connectivity index (χ3v) is 3.42. The van der Waals surface area contributed by atoms with E-state index in [1.807, 2.05) is 18.2 Å². The SMILES string of the molecule is COCCNC(=O)CCCOc1ccc2c(c1)CCC(=O)N2. The molecule has 1 aliphatic rings. The van der Waals surface area contributed by atoms with Crippen LogP contribution in [0.2, 0.25) is 0 Å². The summed E-state index contributed by atoms with van der Waals surface area (Å²) in [4.78, 5) is 22.8. The number of ether oxygens (including phenoxy) is 2. The number of methoxy groups -OCH3 is 1. The van der Waals surface area contributed by atoms with Crippen molar-refractivity contribution in [1.29, 1.82) is 0 Å². The molecule has 0 saturated heterocycles. The standard InChI is InChI=1S/C16H22N2O4/c1-21-10-8-17-15(19)3-2-9-22-13-5-6-14-12(11-13)4-7-16(20)18-14/h5-6,11H,2-4,7-10H2,1H3,(H,17,19)(H,18,20). The van der Waals surface area contributed by atoms with Gasteiger partial charge < -0.3 is 20.1 Å². The summed E-state index contributed by atoms with van der Waals surface area (Å²) in [5.41, 5.74) is 1.95. The number of hydrogen-bond donors (Lipinski definition) is 2. The average Bonchev–Trinajstić information content (AvgIpc) is 2.52. The van der Waals surface area contributed by atoms with Crippen LogP contribution in [0.1, 0.15) is 24.8 Å². The minimum Gasteiger partial charge on any atom is -0.494 e. The van der Waals surface area contributed by atoms with E-state index in [-0.39, 0.29) is 11.8 Å². The molecule has 0 atom stereocenters. The summed E-state index contributed by atoms with van der Waals surface area (Å²) in [6, 6.07) is 5.65. The van der Waals surface area contributed by atoms with Crippen LogP contribution in [0, 0.1) is 0 Å². The molecule has 120 valence electrons. The van der Waals surface area contributed by atoms with Crippen molar-refractivity contribution < 1.29 is 19.1 Å². The van der Waals surface area contributed by atoms with E-state index in [1.54, 1.807) is 7.11 Å². The zero-order chi connectivity index (χ0) is 15.8. The topological polar surface area (TPSA) is 76.7 Å². The average molecular weight is 306 g/mol. The second kappa shape index (κ2) is 8.38. The van der Waals surface area contributed by atoms with Crippen LogP contribution in [0.5, 0.6) is 5.75 Å². The van der Waals surface area contributed by atoms with Gasteiger partial charge in [0.05, 0.1) is 13.2 Å². The maximum absolute atomic E-state index is 11.5. The second-order valence-corrected chi connectivity index (χ2v) is 5.16. The molecule has 1 aromatic rings. The Kier molecular flexibility index (Phi) is 6.21. The molecule has 1 heterocycles. The predicted octanol–water partition coefficient (Wildman–Crippen LogP) is 1.49. The first-order chi connectivity index (χ1) is 10.7. The fourth-order valence-corrected chi connectivity index (χ4v) is 2.25. The molecular weight excluding hydrogens is 284 g/mol. The summed E-state index contributed by atoms with van der Waals surface area (Å²) in [6.07, 6.45) is 2.34. The monoisotopic (exact) mass is 306 g/mol. The lowest BCUT2D eigenvalue weighted by molar-refractivity contribution is -0.121. The molecule has 0 aliphatic carbocycles. The molecular formula is C16H22N2O4. The zero-order valence-corrected chi connectivity index (χ0v) is 12.8. The number of hydrogen-bond acceptors (Lipinski definition) is 4. The molecule has 1 aliphatic heterocycles. The molecule has 1 aromatic carbocycles. The third-order valence-electron chi connectivity index (χ3n) is 3.42. The van der Waals surface area contributed by atoms with Crippen LogP contribution in [0.3, 0.4) is 0 Å². The van der Waals surface area contributed by atoms with Crippen LogP contribution in [0.15, 0.2) is 18.2 Å². The number of carbonyl (C=O) groups excluding carboxylic acids is 2. The summed E-state index contributed by atoms with van der Waals surface area (Å²) < 4.78 is 10.5. The molecule has 0 radical (unpaired) electrons. The second-order valence-electron chi connectivity index (χ2n) is 5.16. The van der Waals surface area contributed by atoms with Gasteiger partial charge in [-0.15, -0.1) is 0 Å². The highest BCUT2D eigenvalue weighted by molar-refractivity contribution is 5.93. The van der Waals surface area contributed by atoms with Gasteiger partial charge in [0.25, 0.3) is 0 Å². The number of nitrogens with one attached hydrogen (secondary N) is 2. The van der Waals surface area contributed by atoms with E-state index in [4.69, 9.17) is 9.47 Å². The van der Waals surface area contributed by atoms with Gasteiger partial charge in [0.15, 0.2) is 0 Å². The minimum absolute atomic E-state index is 0.00815. The normalized spacial score (nSPS) is 13.2. The van der Waals surface area contributed by atoms with E-state index in [2.05, 4.69) is 10.6 Å². The van der Waals surface area contributed by atoms with Gasteiger partial charge in [-0.3, -0.25) is 9.59 Å². The number of benzene rings is 1. The van der Waals surface area contributed by atoms with E-state index < -0.39 is 0 Å². The molecule has 2 N–H and O–H groups in total. The summed E-state index contributed by atoms with van der Waals surface area (Å²) in [5.74, 6) is 0.837. The van der Waals surface area contributed by atoms with Crippen LogP contribution in [0.4, 0.5) is 5.69 Å². The van der Waals surface area contributed by atoms with E-state index in [1.165, 1.54) is 0 Å². The number of carbonyl (C=O) groups is 2. The van der Waals surface area contributed by atoms with Gasteiger partial charge in [-0.1, -0.05) is 0 Å². The third kappa shape index (κ3) is 5.04. The summed E-state index contributed by atoms with van der Waals surface area (Å²) >= 11 is 0. The highest BCUT2D eigenvalue weighted by Gasteiger charge is 2.14. The first-order valence-corrected chi connectivity index (χ1v) is 7.50. The molecule has 2 amide bonds. The Hall–Kier alpha value is -2.08. The van der Waals surface area contributed by atoms with Gasteiger partial charge in [-0.25, -0.2) is 0 Å². The van der Waals surface area contributed by atoms with Crippen LogP contribution < -0.4 is 15.4 Å². The molecule has 0 fully saturated rings. The van der Waals surface area contributed by atoms with Crippen molar-refractivity contribution in [2.45, 2.75) is 25.7 Å². The van der Waals surface area contributed by atoms with Gasteiger partial charge in [0.1, 0.15) is 5.75 Å². The van der Waals surface area contributed by atoms with Gasteiger partial charge in [-0.2, -0.15) is 0 Å². The van der Waals surface area contributed by atoms with Crippen LogP contribution >= 0.6 is 0 Å². The van der Waals surface area contributed by atoms with E-state index in [0.717, 1.165) is 23.4 Å². The van der Waals surface area contributed by atoms with Gasteiger partial charge >= 0.3 is 0 Å². The van der Waals surface area contributed by atoms with Crippen LogP contribution in [0.25, 0.3) is 0 Å². The lowest BCUT2D eigenvalue weighted by Gasteiger charge is -2.17. The molecule has 0 bridgehead atoms. The largest absolute Gasteiger partial charge is 0.494 e. The van der Waals surface area contributed by atoms with Crippen molar-refractivity contribution in [3.05, 3.63) is 23.8 Å². The Morgan fingerprint density at radius 1 is 1.32 bits per heavy atom. The summed E-state index contributed by atoms with van der Waals surface area (Å²) in [6.45, 7) is 1.55. The Bertz CT molecular complexity index is 531. The highest BCUT2D eigenvalue weighted by Crippen LogP contribution is 2.26. The van der Waals surface area contributed by atoms with Crippen molar-refractivity contribution in [3.63, 3.8) is 0 Å². The van der Waals surface area contributed by atoms with Crippen molar-refractivity contribution >= 4 is 17.5 Å². The Labute approximate surface area is 130 Å². The first-order valence-electron chi connectivity index (χ1n) is 7.50. The van der Waals surface area contributed by atoms with Crippen molar-refractivity contribution in [1.82, 2.24) is 5.32 Å². The predicted molar refractivity (Wildman–Crippen MR) is 83.0 cm³/mol. The Morgan fingerprint density at radius 3 is 3.00 bits per heavy atom. The highest BCUT2D eigenvalue weighted by atomic mass is 16.5. The molecule has 0 unspecified atom stereocenters. The Morgan fingerprint density at radius 2 is 2.18 bits per heavy atom. The number of anilines is 1.